The molecule has 0 bridgehead atoms. The number of sulfonamides is 1. The SMILES string of the molecule is CNCc1ccccc1S(=O)(=O)NCC1(SC)CCC1. The van der Waals surface area contributed by atoms with Crippen LogP contribution in [0.15, 0.2) is 29.2 Å². The second-order valence-corrected chi connectivity index (χ2v) is 8.21. The van der Waals surface area contributed by atoms with Crippen molar-refractivity contribution in [3.05, 3.63) is 29.8 Å². The van der Waals surface area contributed by atoms with Crippen molar-refractivity contribution in [3.63, 3.8) is 0 Å². The fourth-order valence-corrected chi connectivity index (χ4v) is 4.80. The van der Waals surface area contributed by atoms with Gasteiger partial charge in [0.1, 0.15) is 0 Å². The summed E-state index contributed by atoms with van der Waals surface area (Å²) in [7, 11) is -1.62. The van der Waals surface area contributed by atoms with Crippen LogP contribution in [0.3, 0.4) is 0 Å². The molecule has 6 heteroatoms. The number of rotatable bonds is 7. The van der Waals surface area contributed by atoms with Crippen molar-refractivity contribution in [1.29, 1.82) is 0 Å². The molecule has 4 nitrogen and oxygen atoms in total. The van der Waals surface area contributed by atoms with Gasteiger partial charge in [0.15, 0.2) is 0 Å². The highest BCUT2D eigenvalue weighted by molar-refractivity contribution is 8.00. The Labute approximate surface area is 125 Å². The van der Waals surface area contributed by atoms with Crippen molar-refractivity contribution in [2.75, 3.05) is 19.8 Å². The van der Waals surface area contributed by atoms with E-state index in [1.165, 1.54) is 6.42 Å². The van der Waals surface area contributed by atoms with Crippen LogP contribution in [-0.4, -0.2) is 33.0 Å². The van der Waals surface area contributed by atoms with Crippen LogP contribution in [0.2, 0.25) is 0 Å². The maximum atomic E-state index is 12.5. The summed E-state index contributed by atoms with van der Waals surface area (Å²) in [6.07, 6.45) is 5.44. The third kappa shape index (κ3) is 3.36. The van der Waals surface area contributed by atoms with Gasteiger partial charge in [-0.15, -0.1) is 0 Å². The highest BCUT2D eigenvalue weighted by Gasteiger charge is 2.37. The molecule has 1 saturated carbocycles. The van der Waals surface area contributed by atoms with E-state index in [0.29, 0.717) is 18.0 Å². The predicted octanol–water partition coefficient (Wildman–Crippen LogP) is 1.97. The summed E-state index contributed by atoms with van der Waals surface area (Å²) in [4.78, 5) is 0.380. The molecule has 0 unspecified atom stereocenters. The molecular weight excluding hydrogens is 292 g/mol. The van der Waals surface area contributed by atoms with Gasteiger partial charge in [-0.2, -0.15) is 11.8 Å². The van der Waals surface area contributed by atoms with Gasteiger partial charge in [0.05, 0.1) is 4.90 Å². The molecule has 2 rings (SSSR count). The van der Waals surface area contributed by atoms with Crippen molar-refractivity contribution in [2.24, 2.45) is 0 Å². The van der Waals surface area contributed by atoms with Crippen molar-refractivity contribution < 1.29 is 8.42 Å². The van der Waals surface area contributed by atoms with E-state index >= 15 is 0 Å². The van der Waals surface area contributed by atoms with E-state index in [9.17, 15) is 8.42 Å². The van der Waals surface area contributed by atoms with Gasteiger partial charge in [-0.1, -0.05) is 24.6 Å². The molecular formula is C14H22N2O2S2. The first kappa shape index (κ1) is 15.8. The molecule has 0 amide bonds. The molecule has 1 aliphatic carbocycles. The zero-order chi connectivity index (χ0) is 14.6. The van der Waals surface area contributed by atoms with Crippen LogP contribution in [0.1, 0.15) is 24.8 Å². The van der Waals surface area contributed by atoms with E-state index in [1.54, 1.807) is 23.9 Å². The lowest BCUT2D eigenvalue weighted by molar-refractivity contribution is 0.362. The first-order chi connectivity index (χ1) is 9.53. The summed E-state index contributed by atoms with van der Waals surface area (Å²) in [5.41, 5.74) is 0.800. The Morgan fingerprint density at radius 3 is 2.55 bits per heavy atom. The molecule has 112 valence electrons. The lowest BCUT2D eigenvalue weighted by atomic mass is 9.84. The largest absolute Gasteiger partial charge is 0.316 e. The van der Waals surface area contributed by atoms with Gasteiger partial charge in [-0.3, -0.25) is 0 Å². The van der Waals surface area contributed by atoms with Gasteiger partial charge in [-0.05, 0) is 37.8 Å². The molecule has 0 spiro atoms. The summed E-state index contributed by atoms with van der Waals surface area (Å²) in [6, 6.07) is 7.14. The average molecular weight is 314 g/mol. The van der Waals surface area contributed by atoms with E-state index < -0.39 is 10.0 Å². The molecule has 2 N–H and O–H groups in total. The summed E-state index contributed by atoms with van der Waals surface area (Å²) in [5, 5.41) is 3.01. The zero-order valence-corrected chi connectivity index (χ0v) is 13.6. The Kier molecular flexibility index (Phi) is 5.12. The smallest absolute Gasteiger partial charge is 0.240 e. The normalized spacial score (nSPS) is 17.7. The van der Waals surface area contributed by atoms with Crippen LogP contribution in [0.5, 0.6) is 0 Å². The number of benzene rings is 1. The average Bonchev–Trinajstić information content (AvgIpc) is 2.39. The third-order valence-electron chi connectivity index (χ3n) is 3.91. The first-order valence-corrected chi connectivity index (χ1v) is 9.51. The van der Waals surface area contributed by atoms with Crippen LogP contribution in [0.4, 0.5) is 0 Å². The maximum absolute atomic E-state index is 12.5. The van der Waals surface area contributed by atoms with E-state index in [4.69, 9.17) is 0 Å². The highest BCUT2D eigenvalue weighted by atomic mass is 32.2. The third-order valence-corrected chi connectivity index (χ3v) is 6.83. The highest BCUT2D eigenvalue weighted by Crippen LogP contribution is 2.42. The summed E-state index contributed by atoms with van der Waals surface area (Å²) < 4.78 is 27.9. The number of thioether (sulfide) groups is 1. The Hall–Kier alpha value is -0.560. The van der Waals surface area contributed by atoms with E-state index in [0.717, 1.165) is 18.4 Å². The van der Waals surface area contributed by atoms with Crippen molar-refractivity contribution in [2.45, 2.75) is 35.4 Å². The maximum Gasteiger partial charge on any atom is 0.240 e. The van der Waals surface area contributed by atoms with Gasteiger partial charge in [0, 0.05) is 17.8 Å². The Morgan fingerprint density at radius 2 is 2.00 bits per heavy atom. The molecule has 0 heterocycles. The second-order valence-electron chi connectivity index (χ2n) is 5.20. The molecule has 0 atom stereocenters. The lowest BCUT2D eigenvalue weighted by Crippen LogP contribution is -2.45. The second kappa shape index (κ2) is 6.47. The summed E-state index contributed by atoms with van der Waals surface area (Å²) in [6.45, 7) is 1.06. The number of hydrogen-bond acceptors (Lipinski definition) is 4. The quantitative estimate of drug-likeness (QED) is 0.808. The molecule has 1 aromatic rings. The Morgan fingerprint density at radius 1 is 1.30 bits per heavy atom. The van der Waals surface area contributed by atoms with Crippen LogP contribution >= 0.6 is 11.8 Å². The molecule has 20 heavy (non-hydrogen) atoms. The van der Waals surface area contributed by atoms with Gasteiger partial charge >= 0.3 is 0 Å². The van der Waals surface area contributed by atoms with Gasteiger partial charge < -0.3 is 5.32 Å². The predicted molar refractivity (Wildman–Crippen MR) is 84.5 cm³/mol. The minimum Gasteiger partial charge on any atom is -0.316 e. The van der Waals surface area contributed by atoms with Crippen molar-refractivity contribution in [1.82, 2.24) is 10.0 Å². The molecule has 1 fully saturated rings. The Balaban J connectivity index is 2.14. The summed E-state index contributed by atoms with van der Waals surface area (Å²) >= 11 is 1.77. The lowest BCUT2D eigenvalue weighted by Gasteiger charge is -2.40. The topological polar surface area (TPSA) is 58.2 Å². The number of hydrogen-bond donors (Lipinski definition) is 2. The minimum absolute atomic E-state index is 0.102. The van der Waals surface area contributed by atoms with Crippen LogP contribution in [-0.2, 0) is 16.6 Å². The van der Waals surface area contributed by atoms with E-state index in [-0.39, 0.29) is 4.75 Å². The standard InChI is InChI=1S/C14H22N2O2S2/c1-15-10-12-6-3-4-7-13(12)20(17,18)16-11-14(19-2)8-5-9-14/h3-4,6-7,15-16H,5,8-11H2,1-2H3. The van der Waals surface area contributed by atoms with Crippen LogP contribution in [0.25, 0.3) is 0 Å². The summed E-state index contributed by atoms with van der Waals surface area (Å²) in [5.74, 6) is 0. The molecule has 0 aliphatic heterocycles. The Bertz CT molecular complexity index is 549. The van der Waals surface area contributed by atoms with Gasteiger partial charge in [-0.25, -0.2) is 13.1 Å². The molecule has 1 aliphatic rings. The van der Waals surface area contributed by atoms with Gasteiger partial charge in [0.25, 0.3) is 0 Å². The number of nitrogens with one attached hydrogen (secondary N) is 2. The van der Waals surface area contributed by atoms with E-state index in [2.05, 4.69) is 16.3 Å². The minimum atomic E-state index is -3.44. The molecule has 0 aromatic heterocycles. The molecule has 0 saturated heterocycles. The zero-order valence-electron chi connectivity index (χ0n) is 12.0. The molecule has 0 radical (unpaired) electrons. The fourth-order valence-electron chi connectivity index (χ4n) is 2.43. The van der Waals surface area contributed by atoms with E-state index in [1.807, 2.05) is 19.2 Å². The van der Waals surface area contributed by atoms with Crippen LogP contribution in [0, 0.1) is 0 Å². The van der Waals surface area contributed by atoms with Gasteiger partial charge in [0.2, 0.25) is 10.0 Å². The van der Waals surface area contributed by atoms with Crippen molar-refractivity contribution in [3.8, 4) is 0 Å². The first-order valence-electron chi connectivity index (χ1n) is 6.80. The molecule has 1 aromatic carbocycles. The monoisotopic (exact) mass is 314 g/mol. The van der Waals surface area contributed by atoms with Crippen molar-refractivity contribution >= 4 is 21.8 Å². The van der Waals surface area contributed by atoms with Crippen LogP contribution < -0.4 is 10.0 Å². The fraction of sp³-hybridized carbons (Fsp3) is 0.571.